The first-order chi connectivity index (χ1) is 9.66. The van der Waals surface area contributed by atoms with E-state index >= 15 is 0 Å². The minimum atomic E-state index is -0.293. The quantitative estimate of drug-likeness (QED) is 0.679. The molecule has 0 saturated heterocycles. The van der Waals surface area contributed by atoms with Gasteiger partial charge in [0.1, 0.15) is 0 Å². The summed E-state index contributed by atoms with van der Waals surface area (Å²) < 4.78 is 0. The highest BCUT2D eigenvalue weighted by molar-refractivity contribution is 5.84. The number of amides is 1. The van der Waals surface area contributed by atoms with Crippen molar-refractivity contribution < 1.29 is 9.90 Å². The van der Waals surface area contributed by atoms with Gasteiger partial charge in [-0.1, -0.05) is 18.2 Å². The molecule has 0 spiro atoms. The minimum Gasteiger partial charge on any atom is -0.393 e. The lowest BCUT2D eigenvalue weighted by Gasteiger charge is -2.06. The molecule has 0 aliphatic rings. The van der Waals surface area contributed by atoms with Crippen molar-refractivity contribution in [3.63, 3.8) is 0 Å². The minimum absolute atomic E-state index is 0.0703. The largest absolute Gasteiger partial charge is 0.393 e. The maximum atomic E-state index is 11.7. The number of rotatable bonds is 7. The highest BCUT2D eigenvalue weighted by Crippen LogP contribution is 2.18. The molecule has 0 saturated carbocycles. The van der Waals surface area contributed by atoms with E-state index in [1.807, 2.05) is 24.4 Å². The molecule has 108 valence electrons. The molecule has 0 fully saturated rings. The lowest BCUT2D eigenvalue weighted by Crippen LogP contribution is -2.25. The van der Waals surface area contributed by atoms with E-state index in [1.54, 1.807) is 6.92 Å². The Labute approximate surface area is 119 Å². The van der Waals surface area contributed by atoms with E-state index in [4.69, 9.17) is 5.11 Å². The lowest BCUT2D eigenvalue weighted by atomic mass is 10.1. The van der Waals surface area contributed by atoms with Crippen molar-refractivity contribution in [1.29, 1.82) is 0 Å². The number of aromatic nitrogens is 1. The molecule has 2 rings (SSSR count). The number of aliphatic hydroxyl groups excluding tert-OH is 1. The molecule has 0 aliphatic carbocycles. The highest BCUT2D eigenvalue weighted by Gasteiger charge is 2.06. The van der Waals surface area contributed by atoms with Crippen molar-refractivity contribution in [3.8, 4) is 0 Å². The normalized spacial score (nSPS) is 12.5. The number of benzene rings is 1. The third-order valence-corrected chi connectivity index (χ3v) is 3.42. The molecule has 2 aromatic rings. The van der Waals surface area contributed by atoms with Crippen molar-refractivity contribution in [2.24, 2.45) is 0 Å². The van der Waals surface area contributed by atoms with Gasteiger partial charge < -0.3 is 15.4 Å². The Kier molecular flexibility index (Phi) is 5.18. The van der Waals surface area contributed by atoms with Gasteiger partial charge in [0.2, 0.25) is 5.91 Å². The van der Waals surface area contributed by atoms with Crippen LogP contribution in [0.15, 0.2) is 30.5 Å². The summed E-state index contributed by atoms with van der Waals surface area (Å²) in [5, 5.41) is 13.2. The summed E-state index contributed by atoms with van der Waals surface area (Å²) in [6.07, 6.45) is 4.46. The summed E-state index contributed by atoms with van der Waals surface area (Å²) in [6, 6.07) is 8.12. The van der Waals surface area contributed by atoms with Crippen LogP contribution < -0.4 is 5.32 Å². The van der Waals surface area contributed by atoms with Gasteiger partial charge in [-0.25, -0.2) is 0 Å². The molecule has 3 N–H and O–H groups in total. The zero-order valence-electron chi connectivity index (χ0n) is 11.9. The number of aromatic amines is 1. The molecular formula is C16H22N2O2. The average Bonchev–Trinajstić information content (AvgIpc) is 2.84. The molecule has 1 atom stereocenters. The summed E-state index contributed by atoms with van der Waals surface area (Å²) in [6.45, 7) is 2.40. The Hall–Kier alpha value is -1.81. The van der Waals surface area contributed by atoms with Crippen molar-refractivity contribution >= 4 is 16.8 Å². The number of aryl methyl sites for hydroxylation is 1. The standard InChI is InChI=1S/C16H22N2O2/c1-12(19)5-4-10-17-16(20)9-8-13-11-18-15-7-3-2-6-14(13)15/h2-3,6-7,11-12,18-19H,4-5,8-10H2,1H3,(H,17,20). The molecular weight excluding hydrogens is 252 g/mol. The van der Waals surface area contributed by atoms with Crippen molar-refractivity contribution in [1.82, 2.24) is 10.3 Å². The van der Waals surface area contributed by atoms with E-state index < -0.39 is 0 Å². The lowest BCUT2D eigenvalue weighted by molar-refractivity contribution is -0.121. The fraction of sp³-hybridized carbons (Fsp3) is 0.438. The van der Waals surface area contributed by atoms with Crippen LogP contribution >= 0.6 is 0 Å². The molecule has 0 aliphatic heterocycles. The van der Waals surface area contributed by atoms with Crippen LogP contribution in [0.1, 0.15) is 31.7 Å². The van der Waals surface area contributed by atoms with Crippen molar-refractivity contribution in [2.45, 2.75) is 38.7 Å². The molecule has 0 radical (unpaired) electrons. The number of para-hydroxylation sites is 1. The summed E-state index contributed by atoms with van der Waals surface area (Å²) in [4.78, 5) is 15.0. The van der Waals surface area contributed by atoms with Gasteiger partial charge in [0.25, 0.3) is 0 Å². The number of hydrogen-bond acceptors (Lipinski definition) is 2. The zero-order chi connectivity index (χ0) is 14.4. The van der Waals surface area contributed by atoms with E-state index in [0.29, 0.717) is 13.0 Å². The van der Waals surface area contributed by atoms with Gasteiger partial charge in [0.15, 0.2) is 0 Å². The van der Waals surface area contributed by atoms with Gasteiger partial charge in [0.05, 0.1) is 6.10 Å². The number of carbonyl (C=O) groups is 1. The number of H-pyrrole nitrogens is 1. The summed E-state index contributed by atoms with van der Waals surface area (Å²) in [5.74, 6) is 0.0703. The van der Waals surface area contributed by atoms with Gasteiger partial charge in [0, 0.05) is 30.1 Å². The second kappa shape index (κ2) is 7.10. The van der Waals surface area contributed by atoms with E-state index in [1.165, 1.54) is 10.9 Å². The Morgan fingerprint density at radius 2 is 2.20 bits per heavy atom. The monoisotopic (exact) mass is 274 g/mol. The van der Waals surface area contributed by atoms with Gasteiger partial charge >= 0.3 is 0 Å². The van der Waals surface area contributed by atoms with Gasteiger partial charge in [-0.15, -0.1) is 0 Å². The Balaban J connectivity index is 1.76. The predicted molar refractivity (Wildman–Crippen MR) is 80.5 cm³/mol. The summed E-state index contributed by atoms with van der Waals surface area (Å²) >= 11 is 0. The summed E-state index contributed by atoms with van der Waals surface area (Å²) in [5.41, 5.74) is 2.29. The maximum Gasteiger partial charge on any atom is 0.220 e. The smallest absolute Gasteiger partial charge is 0.220 e. The van der Waals surface area contributed by atoms with Crippen molar-refractivity contribution in [2.75, 3.05) is 6.54 Å². The van der Waals surface area contributed by atoms with Crippen LogP contribution in [0.2, 0.25) is 0 Å². The van der Waals surface area contributed by atoms with E-state index in [2.05, 4.69) is 16.4 Å². The van der Waals surface area contributed by atoms with Gasteiger partial charge in [-0.05, 0) is 37.8 Å². The van der Waals surface area contributed by atoms with Crippen LogP contribution in [0, 0.1) is 0 Å². The third kappa shape index (κ3) is 4.10. The van der Waals surface area contributed by atoms with Crippen LogP contribution in [0.5, 0.6) is 0 Å². The number of carbonyl (C=O) groups excluding carboxylic acids is 1. The average molecular weight is 274 g/mol. The Bertz CT molecular complexity index is 560. The molecule has 1 amide bonds. The fourth-order valence-electron chi connectivity index (χ4n) is 2.30. The van der Waals surface area contributed by atoms with E-state index in [0.717, 1.165) is 24.8 Å². The molecule has 4 heteroatoms. The third-order valence-electron chi connectivity index (χ3n) is 3.42. The number of aliphatic hydroxyl groups is 1. The Morgan fingerprint density at radius 1 is 1.40 bits per heavy atom. The first kappa shape index (κ1) is 14.6. The van der Waals surface area contributed by atoms with Crippen LogP contribution in [-0.2, 0) is 11.2 Å². The molecule has 0 bridgehead atoms. The van der Waals surface area contributed by atoms with Crippen LogP contribution in [-0.4, -0.2) is 28.6 Å². The second-order valence-electron chi connectivity index (χ2n) is 5.20. The highest BCUT2D eigenvalue weighted by atomic mass is 16.3. The molecule has 1 aromatic heterocycles. The second-order valence-corrected chi connectivity index (χ2v) is 5.20. The first-order valence-corrected chi connectivity index (χ1v) is 7.16. The van der Waals surface area contributed by atoms with Crippen LogP contribution in [0.25, 0.3) is 10.9 Å². The molecule has 4 nitrogen and oxygen atoms in total. The van der Waals surface area contributed by atoms with Crippen LogP contribution in [0.3, 0.4) is 0 Å². The molecule has 1 unspecified atom stereocenters. The zero-order valence-corrected chi connectivity index (χ0v) is 11.9. The van der Waals surface area contributed by atoms with Gasteiger partial charge in [-0.2, -0.15) is 0 Å². The van der Waals surface area contributed by atoms with E-state index in [-0.39, 0.29) is 12.0 Å². The molecule has 1 heterocycles. The predicted octanol–water partition coefficient (Wildman–Crippen LogP) is 2.38. The number of fused-ring (bicyclic) bond motifs is 1. The Morgan fingerprint density at radius 3 is 3.00 bits per heavy atom. The first-order valence-electron chi connectivity index (χ1n) is 7.16. The molecule has 1 aromatic carbocycles. The van der Waals surface area contributed by atoms with Gasteiger partial charge in [-0.3, -0.25) is 4.79 Å². The van der Waals surface area contributed by atoms with Crippen molar-refractivity contribution in [3.05, 3.63) is 36.0 Å². The van der Waals surface area contributed by atoms with E-state index in [9.17, 15) is 4.79 Å². The SMILES string of the molecule is CC(O)CCCNC(=O)CCc1c[nH]c2ccccc12. The number of nitrogens with one attached hydrogen (secondary N) is 2. The number of hydrogen-bond donors (Lipinski definition) is 3. The molecule has 20 heavy (non-hydrogen) atoms. The summed E-state index contributed by atoms with van der Waals surface area (Å²) in [7, 11) is 0. The van der Waals surface area contributed by atoms with Crippen LogP contribution in [0.4, 0.5) is 0 Å². The topological polar surface area (TPSA) is 65.1 Å². The maximum absolute atomic E-state index is 11.7. The fourth-order valence-corrected chi connectivity index (χ4v) is 2.30.